The molecule has 1 aromatic carbocycles. The molecule has 4 heteroatoms. The number of anilines is 3. The van der Waals surface area contributed by atoms with Crippen LogP contribution in [0.15, 0.2) is 18.2 Å². The van der Waals surface area contributed by atoms with Crippen LogP contribution in [0.25, 0.3) is 0 Å². The van der Waals surface area contributed by atoms with Gasteiger partial charge < -0.3 is 16.0 Å². The van der Waals surface area contributed by atoms with Gasteiger partial charge in [0, 0.05) is 25.7 Å². The molecule has 0 aromatic heterocycles. The van der Waals surface area contributed by atoms with Gasteiger partial charge >= 0.3 is 0 Å². The summed E-state index contributed by atoms with van der Waals surface area (Å²) in [6.45, 7) is 3.62. The molecule has 4 nitrogen and oxygen atoms in total. The summed E-state index contributed by atoms with van der Waals surface area (Å²) in [6, 6.07) is 5.70. The Labute approximate surface area is 102 Å². The van der Waals surface area contributed by atoms with Crippen LogP contribution in [0.5, 0.6) is 0 Å². The number of benzene rings is 1. The second kappa shape index (κ2) is 5.08. The van der Waals surface area contributed by atoms with Crippen LogP contribution < -0.4 is 16.0 Å². The molecule has 1 aliphatic heterocycles. The number of carbonyl (C=O) groups excluding carboxylic acids is 1. The Morgan fingerprint density at radius 3 is 2.65 bits per heavy atom. The Bertz CT molecular complexity index is 411. The zero-order chi connectivity index (χ0) is 12.3. The van der Waals surface area contributed by atoms with Crippen molar-refractivity contribution in [2.24, 2.45) is 0 Å². The van der Waals surface area contributed by atoms with Gasteiger partial charge in [-0.3, -0.25) is 4.79 Å². The Hall–Kier alpha value is -1.71. The molecule has 1 saturated heterocycles. The summed E-state index contributed by atoms with van der Waals surface area (Å²) in [5.74, 6) is -0.0612. The highest BCUT2D eigenvalue weighted by Gasteiger charge is 2.15. The third kappa shape index (κ3) is 2.90. The fourth-order valence-electron chi connectivity index (χ4n) is 2.25. The van der Waals surface area contributed by atoms with Crippen LogP contribution in [0, 0.1) is 0 Å². The van der Waals surface area contributed by atoms with Gasteiger partial charge in [0.2, 0.25) is 5.91 Å². The number of hydrogen-bond acceptors (Lipinski definition) is 3. The number of hydrogen-bond donors (Lipinski definition) is 2. The van der Waals surface area contributed by atoms with Crippen LogP contribution in [0.3, 0.4) is 0 Å². The van der Waals surface area contributed by atoms with Crippen molar-refractivity contribution in [3.05, 3.63) is 18.2 Å². The van der Waals surface area contributed by atoms with Gasteiger partial charge in [0.1, 0.15) is 0 Å². The topological polar surface area (TPSA) is 58.4 Å². The third-order valence-corrected chi connectivity index (χ3v) is 3.03. The SMILES string of the molecule is CC(=O)Nc1cc(N)ccc1N1CCCCC1. The fraction of sp³-hybridized carbons (Fsp3) is 0.462. The van der Waals surface area contributed by atoms with E-state index in [0.717, 1.165) is 24.5 Å². The average molecular weight is 233 g/mol. The van der Waals surface area contributed by atoms with E-state index < -0.39 is 0 Å². The Balaban J connectivity index is 2.27. The molecule has 17 heavy (non-hydrogen) atoms. The van der Waals surface area contributed by atoms with E-state index in [1.807, 2.05) is 18.2 Å². The second-order valence-electron chi connectivity index (χ2n) is 4.51. The van der Waals surface area contributed by atoms with Gasteiger partial charge in [-0.15, -0.1) is 0 Å². The average Bonchev–Trinajstić information content (AvgIpc) is 2.29. The molecular weight excluding hydrogens is 214 g/mol. The van der Waals surface area contributed by atoms with Crippen LogP contribution >= 0.6 is 0 Å². The highest BCUT2D eigenvalue weighted by Crippen LogP contribution is 2.30. The maximum Gasteiger partial charge on any atom is 0.221 e. The van der Waals surface area contributed by atoms with Crippen LogP contribution in [0.2, 0.25) is 0 Å². The first-order valence-corrected chi connectivity index (χ1v) is 6.09. The van der Waals surface area contributed by atoms with Crippen molar-refractivity contribution in [3.63, 3.8) is 0 Å². The molecule has 0 unspecified atom stereocenters. The van der Waals surface area contributed by atoms with Crippen molar-refractivity contribution >= 4 is 23.0 Å². The first-order valence-electron chi connectivity index (χ1n) is 6.09. The molecule has 0 spiro atoms. The van der Waals surface area contributed by atoms with Gasteiger partial charge in [-0.1, -0.05) is 0 Å². The number of nitrogens with one attached hydrogen (secondary N) is 1. The third-order valence-electron chi connectivity index (χ3n) is 3.03. The van der Waals surface area contributed by atoms with Crippen molar-refractivity contribution in [2.75, 3.05) is 29.0 Å². The second-order valence-corrected chi connectivity index (χ2v) is 4.51. The van der Waals surface area contributed by atoms with E-state index in [4.69, 9.17) is 5.73 Å². The number of nitrogens with two attached hydrogens (primary N) is 1. The highest BCUT2D eigenvalue weighted by molar-refractivity contribution is 5.93. The zero-order valence-corrected chi connectivity index (χ0v) is 10.2. The minimum Gasteiger partial charge on any atom is -0.399 e. The van der Waals surface area contributed by atoms with Gasteiger partial charge in [0.25, 0.3) is 0 Å². The summed E-state index contributed by atoms with van der Waals surface area (Å²) in [5, 5.41) is 2.85. The molecule has 1 fully saturated rings. The minimum atomic E-state index is -0.0612. The van der Waals surface area contributed by atoms with Crippen molar-refractivity contribution in [1.82, 2.24) is 0 Å². The molecule has 1 aromatic rings. The quantitative estimate of drug-likeness (QED) is 0.770. The van der Waals surface area contributed by atoms with Crippen molar-refractivity contribution in [2.45, 2.75) is 26.2 Å². The van der Waals surface area contributed by atoms with Crippen LogP contribution in [-0.2, 0) is 4.79 Å². The van der Waals surface area contributed by atoms with E-state index in [1.165, 1.54) is 26.2 Å². The molecule has 2 rings (SSSR count). The number of rotatable bonds is 2. The van der Waals surface area contributed by atoms with E-state index in [-0.39, 0.29) is 5.91 Å². The van der Waals surface area contributed by atoms with Gasteiger partial charge in [-0.05, 0) is 37.5 Å². The molecule has 1 aliphatic rings. The number of nitrogens with zero attached hydrogens (tertiary/aromatic N) is 1. The van der Waals surface area contributed by atoms with E-state index in [9.17, 15) is 4.79 Å². The summed E-state index contributed by atoms with van der Waals surface area (Å²) < 4.78 is 0. The zero-order valence-electron chi connectivity index (χ0n) is 10.2. The Morgan fingerprint density at radius 2 is 2.00 bits per heavy atom. The summed E-state index contributed by atoms with van der Waals surface area (Å²) in [6.07, 6.45) is 3.72. The normalized spacial score (nSPS) is 15.7. The minimum absolute atomic E-state index is 0.0612. The molecule has 0 saturated carbocycles. The van der Waals surface area contributed by atoms with Gasteiger partial charge in [0.05, 0.1) is 11.4 Å². The molecule has 0 atom stereocenters. The van der Waals surface area contributed by atoms with Gasteiger partial charge in [-0.25, -0.2) is 0 Å². The highest BCUT2D eigenvalue weighted by atomic mass is 16.1. The van der Waals surface area contributed by atoms with Gasteiger partial charge in [0.15, 0.2) is 0 Å². The lowest BCUT2D eigenvalue weighted by molar-refractivity contribution is -0.114. The summed E-state index contributed by atoms with van der Waals surface area (Å²) in [4.78, 5) is 13.5. The molecule has 1 heterocycles. The van der Waals surface area contributed by atoms with Crippen molar-refractivity contribution in [3.8, 4) is 0 Å². The number of carbonyl (C=O) groups is 1. The predicted octanol–water partition coefficient (Wildman–Crippen LogP) is 2.22. The monoisotopic (exact) mass is 233 g/mol. The smallest absolute Gasteiger partial charge is 0.221 e. The molecular formula is C13H19N3O. The fourth-order valence-corrected chi connectivity index (χ4v) is 2.25. The van der Waals surface area contributed by atoms with Crippen LogP contribution in [-0.4, -0.2) is 19.0 Å². The maximum atomic E-state index is 11.2. The lowest BCUT2D eigenvalue weighted by atomic mass is 10.1. The maximum absolute atomic E-state index is 11.2. The molecule has 3 N–H and O–H groups in total. The van der Waals surface area contributed by atoms with Crippen molar-refractivity contribution in [1.29, 1.82) is 0 Å². The standard InChI is InChI=1S/C13H19N3O/c1-10(17)15-12-9-11(14)5-6-13(12)16-7-3-2-4-8-16/h5-6,9H,2-4,7-8,14H2,1H3,(H,15,17). The largest absolute Gasteiger partial charge is 0.399 e. The molecule has 0 radical (unpaired) electrons. The van der Waals surface area contributed by atoms with E-state index >= 15 is 0 Å². The molecule has 1 amide bonds. The lowest BCUT2D eigenvalue weighted by Crippen LogP contribution is -2.30. The number of piperidine rings is 1. The lowest BCUT2D eigenvalue weighted by Gasteiger charge is -2.30. The predicted molar refractivity (Wildman–Crippen MR) is 71.2 cm³/mol. The Kier molecular flexibility index (Phi) is 3.52. The summed E-state index contributed by atoms with van der Waals surface area (Å²) in [5.41, 5.74) is 8.34. The van der Waals surface area contributed by atoms with E-state index in [1.54, 1.807) is 0 Å². The van der Waals surface area contributed by atoms with E-state index in [2.05, 4.69) is 10.2 Å². The molecule has 92 valence electrons. The van der Waals surface area contributed by atoms with Crippen LogP contribution in [0.4, 0.5) is 17.1 Å². The van der Waals surface area contributed by atoms with Crippen molar-refractivity contribution < 1.29 is 4.79 Å². The first-order chi connectivity index (χ1) is 8.16. The summed E-state index contributed by atoms with van der Waals surface area (Å²) >= 11 is 0. The molecule has 0 bridgehead atoms. The number of nitrogen functional groups attached to an aromatic ring is 1. The van der Waals surface area contributed by atoms with E-state index in [0.29, 0.717) is 5.69 Å². The van der Waals surface area contributed by atoms with Crippen LogP contribution in [0.1, 0.15) is 26.2 Å². The Morgan fingerprint density at radius 1 is 1.29 bits per heavy atom. The number of amides is 1. The summed E-state index contributed by atoms with van der Waals surface area (Å²) in [7, 11) is 0. The molecule has 0 aliphatic carbocycles. The first kappa shape index (κ1) is 11.8. The van der Waals surface area contributed by atoms with Gasteiger partial charge in [-0.2, -0.15) is 0 Å².